The third kappa shape index (κ3) is 3.73. The Morgan fingerprint density at radius 2 is 1.85 bits per heavy atom. The van der Waals surface area contributed by atoms with Gasteiger partial charge in [0.15, 0.2) is 0 Å². The normalized spacial score (nSPS) is 22.2. The number of ether oxygens (including phenoxy) is 1. The van der Waals surface area contributed by atoms with Crippen molar-refractivity contribution in [1.29, 1.82) is 0 Å². The summed E-state index contributed by atoms with van der Waals surface area (Å²) in [5.41, 5.74) is 8.25. The molecule has 1 aliphatic carbocycles. The Labute approximate surface area is 201 Å². The van der Waals surface area contributed by atoms with Gasteiger partial charge in [-0.1, -0.05) is 13.8 Å². The summed E-state index contributed by atoms with van der Waals surface area (Å²) >= 11 is 0. The molecule has 5 heterocycles. The molecule has 1 aliphatic heterocycles. The number of H-pyrrole nitrogens is 1. The average Bonchev–Trinajstić information content (AvgIpc) is 3.42. The Kier molecular flexibility index (Phi) is 5.66. The fourth-order valence-corrected chi connectivity index (χ4v) is 6.19. The molecule has 0 radical (unpaired) electrons. The molecule has 6 nitrogen and oxygen atoms in total. The largest absolute Gasteiger partial charge is 0.379 e. The SMILES string of the molecule is CC(C)c1c(-c2cn(C)c3ncccc23)[nH]c2ccc(C3CCC(N4CCOCC4)CC3)nc12. The first kappa shape index (κ1) is 21.8. The van der Waals surface area contributed by atoms with Crippen molar-refractivity contribution in [1.82, 2.24) is 24.4 Å². The molecular formula is C28H35N5O. The van der Waals surface area contributed by atoms with Crippen LogP contribution in [0.15, 0.2) is 36.7 Å². The lowest BCUT2D eigenvalue weighted by Gasteiger charge is -2.38. The predicted octanol–water partition coefficient (Wildman–Crippen LogP) is 5.60. The number of morpholine rings is 1. The van der Waals surface area contributed by atoms with E-state index in [2.05, 4.69) is 64.7 Å². The fourth-order valence-electron chi connectivity index (χ4n) is 6.19. The quantitative estimate of drug-likeness (QED) is 0.433. The summed E-state index contributed by atoms with van der Waals surface area (Å²) in [5.74, 6) is 0.928. The lowest BCUT2D eigenvalue weighted by atomic mass is 9.83. The van der Waals surface area contributed by atoms with Gasteiger partial charge in [-0.2, -0.15) is 0 Å². The number of aromatic nitrogens is 4. The lowest BCUT2D eigenvalue weighted by Crippen LogP contribution is -2.44. The predicted molar refractivity (Wildman–Crippen MR) is 137 cm³/mol. The molecule has 0 bridgehead atoms. The summed E-state index contributed by atoms with van der Waals surface area (Å²) in [6.45, 7) is 8.51. The van der Waals surface area contributed by atoms with E-state index >= 15 is 0 Å². The van der Waals surface area contributed by atoms with E-state index in [1.54, 1.807) is 0 Å². The van der Waals surface area contributed by atoms with Crippen LogP contribution in [0.2, 0.25) is 0 Å². The Morgan fingerprint density at radius 1 is 1.06 bits per heavy atom. The maximum absolute atomic E-state index is 5.55. The molecule has 1 N–H and O–H groups in total. The number of nitrogens with zero attached hydrogens (tertiary/aromatic N) is 4. The zero-order valence-corrected chi connectivity index (χ0v) is 20.6. The molecule has 0 atom stereocenters. The van der Waals surface area contributed by atoms with Gasteiger partial charge >= 0.3 is 0 Å². The number of fused-ring (bicyclic) bond motifs is 2. The minimum Gasteiger partial charge on any atom is -0.379 e. The van der Waals surface area contributed by atoms with Gasteiger partial charge in [0.2, 0.25) is 0 Å². The van der Waals surface area contributed by atoms with Crippen LogP contribution in [0, 0.1) is 0 Å². The van der Waals surface area contributed by atoms with Crippen LogP contribution in [0.1, 0.15) is 62.6 Å². The summed E-state index contributed by atoms with van der Waals surface area (Å²) in [4.78, 5) is 16.3. The first-order valence-corrected chi connectivity index (χ1v) is 12.8. The Bertz CT molecular complexity index is 1310. The zero-order valence-electron chi connectivity index (χ0n) is 20.6. The van der Waals surface area contributed by atoms with Gasteiger partial charge in [0.25, 0.3) is 0 Å². The van der Waals surface area contributed by atoms with E-state index in [4.69, 9.17) is 9.72 Å². The molecule has 2 fully saturated rings. The Morgan fingerprint density at radius 3 is 2.62 bits per heavy atom. The highest BCUT2D eigenvalue weighted by atomic mass is 16.5. The van der Waals surface area contributed by atoms with Crippen molar-refractivity contribution in [2.24, 2.45) is 7.05 Å². The van der Waals surface area contributed by atoms with Crippen LogP contribution >= 0.6 is 0 Å². The molecule has 4 aromatic heterocycles. The van der Waals surface area contributed by atoms with Gasteiger partial charge in [-0.15, -0.1) is 0 Å². The highest BCUT2D eigenvalue weighted by Gasteiger charge is 2.29. The number of aromatic amines is 1. The second-order valence-corrected chi connectivity index (χ2v) is 10.4. The van der Waals surface area contributed by atoms with Crippen molar-refractivity contribution in [2.45, 2.75) is 57.4 Å². The number of rotatable bonds is 4. The van der Waals surface area contributed by atoms with Crippen LogP contribution in [0.5, 0.6) is 0 Å². The maximum atomic E-state index is 5.55. The van der Waals surface area contributed by atoms with Gasteiger partial charge in [0.05, 0.1) is 29.9 Å². The second kappa shape index (κ2) is 8.82. The van der Waals surface area contributed by atoms with Gasteiger partial charge in [0.1, 0.15) is 5.65 Å². The molecule has 2 aliphatic rings. The summed E-state index contributed by atoms with van der Waals surface area (Å²) in [6.07, 6.45) is 9.05. The topological polar surface area (TPSA) is 59.0 Å². The first-order chi connectivity index (χ1) is 16.6. The molecular weight excluding hydrogens is 422 g/mol. The van der Waals surface area contributed by atoms with Gasteiger partial charge in [0, 0.05) is 66.7 Å². The van der Waals surface area contributed by atoms with Crippen molar-refractivity contribution >= 4 is 22.1 Å². The highest BCUT2D eigenvalue weighted by molar-refractivity contribution is 5.98. The van der Waals surface area contributed by atoms with E-state index in [0.717, 1.165) is 43.0 Å². The third-order valence-corrected chi connectivity index (χ3v) is 7.96. The number of pyridine rings is 2. The summed E-state index contributed by atoms with van der Waals surface area (Å²) in [7, 11) is 2.07. The Hall–Kier alpha value is -2.70. The Balaban J connectivity index is 1.33. The molecule has 0 aromatic carbocycles. The standard InChI is InChI=1S/C28H35N5O/c1-18(2)25-26(22-17-32(3)28-21(22)5-4-12-29-28)31-24-11-10-23(30-27(24)25)19-6-8-20(9-7-19)33-13-15-34-16-14-33/h4-5,10-12,17-20,31H,6-9,13-16H2,1-3H3. The molecule has 1 saturated heterocycles. The summed E-state index contributed by atoms with van der Waals surface area (Å²) in [6, 6.07) is 9.42. The molecule has 4 aromatic rings. The molecule has 0 spiro atoms. The van der Waals surface area contributed by atoms with E-state index in [9.17, 15) is 0 Å². The summed E-state index contributed by atoms with van der Waals surface area (Å²) in [5, 5.41) is 1.18. The molecule has 34 heavy (non-hydrogen) atoms. The number of hydrogen-bond acceptors (Lipinski definition) is 4. The van der Waals surface area contributed by atoms with Crippen LogP contribution in [-0.4, -0.2) is 56.8 Å². The van der Waals surface area contributed by atoms with Crippen LogP contribution in [-0.2, 0) is 11.8 Å². The van der Waals surface area contributed by atoms with Gasteiger partial charge < -0.3 is 14.3 Å². The first-order valence-electron chi connectivity index (χ1n) is 12.8. The fraction of sp³-hybridized carbons (Fsp3) is 0.500. The van der Waals surface area contributed by atoms with Crippen LogP contribution < -0.4 is 0 Å². The maximum Gasteiger partial charge on any atom is 0.140 e. The second-order valence-electron chi connectivity index (χ2n) is 10.4. The number of nitrogens with one attached hydrogen (secondary N) is 1. The summed E-state index contributed by atoms with van der Waals surface area (Å²) < 4.78 is 7.67. The minimum atomic E-state index is 0.371. The molecule has 6 heteroatoms. The van der Waals surface area contributed by atoms with Crippen LogP contribution in [0.4, 0.5) is 0 Å². The van der Waals surface area contributed by atoms with Gasteiger partial charge in [-0.3, -0.25) is 9.88 Å². The van der Waals surface area contributed by atoms with Crippen molar-refractivity contribution in [3.8, 4) is 11.3 Å². The average molecular weight is 458 g/mol. The zero-order chi connectivity index (χ0) is 23.2. The highest BCUT2D eigenvalue weighted by Crippen LogP contribution is 2.40. The van der Waals surface area contributed by atoms with Crippen molar-refractivity contribution < 1.29 is 4.74 Å². The van der Waals surface area contributed by atoms with E-state index in [1.807, 2.05) is 12.3 Å². The van der Waals surface area contributed by atoms with E-state index in [-0.39, 0.29) is 0 Å². The molecule has 1 saturated carbocycles. The van der Waals surface area contributed by atoms with Crippen LogP contribution in [0.3, 0.4) is 0 Å². The monoisotopic (exact) mass is 457 g/mol. The molecule has 6 rings (SSSR count). The molecule has 0 unspecified atom stereocenters. The van der Waals surface area contributed by atoms with Gasteiger partial charge in [-0.05, 0) is 55.9 Å². The lowest BCUT2D eigenvalue weighted by molar-refractivity contribution is 0.00721. The van der Waals surface area contributed by atoms with Crippen molar-refractivity contribution in [2.75, 3.05) is 26.3 Å². The minimum absolute atomic E-state index is 0.371. The molecule has 0 amide bonds. The van der Waals surface area contributed by atoms with E-state index in [1.165, 1.54) is 53.6 Å². The van der Waals surface area contributed by atoms with Crippen molar-refractivity contribution in [3.63, 3.8) is 0 Å². The molecule has 178 valence electrons. The van der Waals surface area contributed by atoms with Gasteiger partial charge in [-0.25, -0.2) is 4.98 Å². The van der Waals surface area contributed by atoms with Crippen LogP contribution in [0.25, 0.3) is 33.3 Å². The van der Waals surface area contributed by atoms with E-state index < -0.39 is 0 Å². The number of hydrogen-bond donors (Lipinski definition) is 1. The number of aryl methyl sites for hydroxylation is 1. The van der Waals surface area contributed by atoms with Crippen molar-refractivity contribution in [3.05, 3.63) is 47.9 Å². The smallest absolute Gasteiger partial charge is 0.140 e. The van der Waals surface area contributed by atoms with E-state index in [0.29, 0.717) is 17.9 Å². The third-order valence-electron chi connectivity index (χ3n) is 7.96.